The number of esters is 1. The van der Waals surface area contributed by atoms with Crippen LogP contribution in [0, 0.1) is 0 Å². The van der Waals surface area contributed by atoms with Gasteiger partial charge in [-0.25, -0.2) is 4.79 Å². The van der Waals surface area contributed by atoms with Gasteiger partial charge in [0.15, 0.2) is 0 Å². The van der Waals surface area contributed by atoms with Crippen molar-refractivity contribution in [2.24, 2.45) is 0 Å². The highest BCUT2D eigenvalue weighted by Gasteiger charge is 2.41. The van der Waals surface area contributed by atoms with E-state index in [0.29, 0.717) is 0 Å². The van der Waals surface area contributed by atoms with Crippen LogP contribution in [-0.2, 0) is 25.7 Å². The molecule has 1 aliphatic rings. The van der Waals surface area contributed by atoms with Gasteiger partial charge in [0.05, 0.1) is 13.2 Å². The lowest BCUT2D eigenvalue weighted by molar-refractivity contribution is -0.150. The van der Waals surface area contributed by atoms with Crippen LogP contribution in [0.2, 0.25) is 0 Å². The van der Waals surface area contributed by atoms with Gasteiger partial charge in [-0.2, -0.15) is 0 Å². The van der Waals surface area contributed by atoms with Crippen LogP contribution in [0.5, 0.6) is 0 Å². The summed E-state index contributed by atoms with van der Waals surface area (Å²) in [6.45, 7) is 1.84. The van der Waals surface area contributed by atoms with Crippen molar-refractivity contribution in [3.05, 3.63) is 47.5 Å². The number of hydrogen-bond acceptors (Lipinski definition) is 6. The molecule has 118 valence electrons. The topological polar surface area (TPSA) is 93.1 Å². The van der Waals surface area contributed by atoms with Gasteiger partial charge in [-0.3, -0.25) is 4.79 Å². The fraction of sp³-hybridized carbons (Fsp3) is 0.375. The zero-order valence-corrected chi connectivity index (χ0v) is 12.1. The first kappa shape index (κ1) is 16.4. The summed E-state index contributed by atoms with van der Waals surface area (Å²) in [4.78, 5) is 23.6. The van der Waals surface area contributed by atoms with Crippen molar-refractivity contribution < 1.29 is 29.3 Å². The summed E-state index contributed by atoms with van der Waals surface area (Å²) in [6, 6.07) is 9.16. The molecule has 6 nitrogen and oxygen atoms in total. The second-order valence-corrected chi connectivity index (χ2v) is 4.86. The maximum absolute atomic E-state index is 12.0. The standard InChI is InChI=1S/C16H18O6/c1-2-21-16(20)11-8-12(17)15(14(19)13(11)18)22-9-10-6-4-3-5-7-10/h3-8,12,14-15,17,19H,2,9H2,1H3/t12-,14+,15-/m0/s1. The van der Waals surface area contributed by atoms with E-state index in [0.717, 1.165) is 11.6 Å². The maximum atomic E-state index is 12.0. The molecule has 0 saturated heterocycles. The zero-order valence-electron chi connectivity index (χ0n) is 12.1. The Balaban J connectivity index is 2.08. The fourth-order valence-electron chi connectivity index (χ4n) is 2.18. The molecule has 0 spiro atoms. The van der Waals surface area contributed by atoms with E-state index in [1.807, 2.05) is 30.3 Å². The van der Waals surface area contributed by atoms with Gasteiger partial charge >= 0.3 is 5.97 Å². The minimum Gasteiger partial charge on any atom is -0.462 e. The number of rotatable bonds is 5. The Hall–Kier alpha value is -2.02. The van der Waals surface area contributed by atoms with Gasteiger partial charge in [0, 0.05) is 0 Å². The smallest absolute Gasteiger partial charge is 0.341 e. The molecule has 0 unspecified atom stereocenters. The minimum atomic E-state index is -1.61. The van der Waals surface area contributed by atoms with Crippen LogP contribution in [0.25, 0.3) is 0 Å². The van der Waals surface area contributed by atoms with Crippen molar-refractivity contribution >= 4 is 11.8 Å². The first-order chi connectivity index (χ1) is 10.5. The molecule has 0 radical (unpaired) electrons. The molecule has 6 heteroatoms. The number of benzene rings is 1. The zero-order chi connectivity index (χ0) is 16.1. The van der Waals surface area contributed by atoms with Crippen molar-refractivity contribution in [3.63, 3.8) is 0 Å². The Morgan fingerprint density at radius 2 is 1.91 bits per heavy atom. The average Bonchev–Trinajstić information content (AvgIpc) is 2.52. The molecular weight excluding hydrogens is 288 g/mol. The van der Waals surface area contributed by atoms with E-state index in [1.54, 1.807) is 6.92 Å². The van der Waals surface area contributed by atoms with Crippen molar-refractivity contribution in [2.75, 3.05) is 6.61 Å². The molecule has 3 atom stereocenters. The lowest BCUT2D eigenvalue weighted by Crippen LogP contribution is -2.48. The van der Waals surface area contributed by atoms with E-state index in [9.17, 15) is 19.8 Å². The Labute approximate surface area is 128 Å². The van der Waals surface area contributed by atoms with Crippen molar-refractivity contribution in [1.82, 2.24) is 0 Å². The Morgan fingerprint density at radius 1 is 1.23 bits per heavy atom. The molecule has 0 heterocycles. The summed E-state index contributed by atoms with van der Waals surface area (Å²) in [5, 5.41) is 20.0. The molecule has 1 aromatic rings. The molecule has 0 aliphatic heterocycles. The van der Waals surface area contributed by atoms with E-state index in [4.69, 9.17) is 9.47 Å². The molecule has 2 N–H and O–H groups in total. The predicted molar refractivity (Wildman–Crippen MR) is 76.8 cm³/mol. The lowest BCUT2D eigenvalue weighted by atomic mass is 9.90. The first-order valence-corrected chi connectivity index (χ1v) is 6.99. The molecule has 0 saturated carbocycles. The van der Waals surface area contributed by atoms with Gasteiger partial charge in [0.25, 0.3) is 0 Å². The van der Waals surface area contributed by atoms with Gasteiger partial charge in [-0.15, -0.1) is 0 Å². The van der Waals surface area contributed by atoms with Gasteiger partial charge in [-0.05, 0) is 18.6 Å². The Kier molecular flexibility index (Phi) is 5.43. The fourth-order valence-corrected chi connectivity index (χ4v) is 2.18. The van der Waals surface area contributed by atoms with Crippen LogP contribution in [0.4, 0.5) is 0 Å². The van der Waals surface area contributed by atoms with E-state index >= 15 is 0 Å². The van der Waals surface area contributed by atoms with Crippen molar-refractivity contribution in [1.29, 1.82) is 0 Å². The van der Waals surface area contributed by atoms with E-state index in [-0.39, 0.29) is 18.8 Å². The van der Waals surface area contributed by atoms with Gasteiger partial charge in [-0.1, -0.05) is 30.3 Å². The summed E-state index contributed by atoms with van der Waals surface area (Å²) in [5.74, 6) is -1.66. The Morgan fingerprint density at radius 3 is 2.55 bits per heavy atom. The highest BCUT2D eigenvalue weighted by molar-refractivity contribution is 6.19. The van der Waals surface area contributed by atoms with Gasteiger partial charge in [0.1, 0.15) is 23.9 Å². The SMILES string of the molecule is CCOC(=O)C1=C[C@H](O)[C@H](OCc2ccccc2)[C@H](O)C1=O. The molecular formula is C16H18O6. The third kappa shape index (κ3) is 3.59. The molecule has 1 aromatic carbocycles. The van der Waals surface area contributed by atoms with Crippen LogP contribution in [0.3, 0.4) is 0 Å². The molecule has 0 fully saturated rings. The largest absolute Gasteiger partial charge is 0.462 e. The summed E-state index contributed by atoms with van der Waals surface area (Å²) < 4.78 is 10.2. The third-order valence-electron chi connectivity index (χ3n) is 3.30. The number of aliphatic hydroxyl groups is 2. The predicted octanol–water partition coefficient (Wildman–Crippen LogP) is 0.366. The summed E-state index contributed by atoms with van der Waals surface area (Å²) in [7, 11) is 0. The lowest BCUT2D eigenvalue weighted by Gasteiger charge is -2.29. The van der Waals surface area contributed by atoms with E-state index in [2.05, 4.69) is 0 Å². The van der Waals surface area contributed by atoms with Crippen LogP contribution >= 0.6 is 0 Å². The highest BCUT2D eigenvalue weighted by Crippen LogP contribution is 2.21. The maximum Gasteiger partial charge on any atom is 0.341 e. The summed E-state index contributed by atoms with van der Waals surface area (Å²) in [5.41, 5.74) is 0.496. The van der Waals surface area contributed by atoms with Crippen LogP contribution in [0.1, 0.15) is 12.5 Å². The second-order valence-electron chi connectivity index (χ2n) is 4.86. The normalized spacial score (nSPS) is 24.8. The molecule has 22 heavy (non-hydrogen) atoms. The average molecular weight is 306 g/mol. The van der Waals surface area contributed by atoms with Gasteiger partial charge in [0.2, 0.25) is 5.78 Å². The number of ketones is 1. The van der Waals surface area contributed by atoms with Crippen LogP contribution in [-0.4, -0.2) is 46.9 Å². The highest BCUT2D eigenvalue weighted by atomic mass is 16.5. The summed E-state index contributed by atoms with van der Waals surface area (Å²) in [6.07, 6.45) is -2.92. The van der Waals surface area contributed by atoms with Crippen LogP contribution < -0.4 is 0 Å². The van der Waals surface area contributed by atoms with Crippen molar-refractivity contribution in [2.45, 2.75) is 31.8 Å². The van der Waals surface area contributed by atoms with Crippen molar-refractivity contribution in [3.8, 4) is 0 Å². The molecule has 0 amide bonds. The van der Waals surface area contributed by atoms with E-state index < -0.39 is 30.1 Å². The number of carbonyl (C=O) groups is 2. The second kappa shape index (κ2) is 7.31. The number of hydrogen-bond donors (Lipinski definition) is 2. The Bertz CT molecular complexity index is 565. The van der Waals surface area contributed by atoms with E-state index in [1.165, 1.54) is 0 Å². The monoisotopic (exact) mass is 306 g/mol. The van der Waals surface area contributed by atoms with Crippen LogP contribution in [0.15, 0.2) is 42.0 Å². The first-order valence-electron chi connectivity index (χ1n) is 6.99. The third-order valence-corrected chi connectivity index (χ3v) is 3.30. The minimum absolute atomic E-state index is 0.101. The number of Topliss-reactive ketones (excluding diaryl/α,β-unsaturated/α-hetero) is 1. The molecule has 2 rings (SSSR count). The number of aliphatic hydroxyl groups excluding tert-OH is 2. The number of carbonyl (C=O) groups excluding carboxylic acids is 2. The molecule has 0 bridgehead atoms. The van der Waals surface area contributed by atoms with Gasteiger partial charge < -0.3 is 19.7 Å². The summed E-state index contributed by atoms with van der Waals surface area (Å²) >= 11 is 0. The quantitative estimate of drug-likeness (QED) is 0.603. The number of ether oxygens (including phenoxy) is 2. The molecule has 0 aromatic heterocycles. The molecule has 1 aliphatic carbocycles.